The van der Waals surface area contributed by atoms with E-state index in [0.717, 1.165) is 17.5 Å². The van der Waals surface area contributed by atoms with E-state index in [1.54, 1.807) is 18.3 Å². The molecule has 5 nitrogen and oxygen atoms in total. The summed E-state index contributed by atoms with van der Waals surface area (Å²) in [7, 11) is 0. The number of ether oxygens (including phenoxy) is 1. The van der Waals surface area contributed by atoms with Crippen molar-refractivity contribution in [3.8, 4) is 11.5 Å². The molecule has 0 aliphatic heterocycles. The first-order valence-electron chi connectivity index (χ1n) is 10.2. The minimum absolute atomic E-state index is 0.0384. The summed E-state index contributed by atoms with van der Waals surface area (Å²) >= 11 is 3.31. The van der Waals surface area contributed by atoms with E-state index in [0.29, 0.717) is 22.4 Å². The molecule has 31 heavy (non-hydrogen) atoms. The third kappa shape index (κ3) is 4.21. The highest BCUT2D eigenvalue weighted by molar-refractivity contribution is 9.10. The molecule has 0 bridgehead atoms. The lowest BCUT2D eigenvalue weighted by Crippen LogP contribution is -2.25. The number of amides is 1. The van der Waals surface area contributed by atoms with E-state index in [9.17, 15) is 9.90 Å². The zero-order valence-electron chi connectivity index (χ0n) is 17.1. The van der Waals surface area contributed by atoms with Gasteiger partial charge in [0.25, 0.3) is 0 Å². The summed E-state index contributed by atoms with van der Waals surface area (Å²) < 4.78 is 5.93. The summed E-state index contributed by atoms with van der Waals surface area (Å²) in [6.45, 7) is 2.27. The Hall–Kier alpha value is -3.12. The number of halogens is 1. The number of carbonyl (C=O) groups is 1. The molecule has 0 heterocycles. The van der Waals surface area contributed by atoms with Crippen LogP contribution in [0.15, 0.2) is 82.4 Å². The molecule has 0 spiro atoms. The van der Waals surface area contributed by atoms with Crippen LogP contribution in [0.5, 0.6) is 11.5 Å². The highest BCUT2D eigenvalue weighted by Gasteiger charge is 2.60. The number of benzene rings is 3. The number of rotatable bonds is 7. The van der Waals surface area contributed by atoms with E-state index in [2.05, 4.69) is 50.7 Å². The Bertz CT molecular complexity index is 1060. The van der Waals surface area contributed by atoms with Gasteiger partial charge in [-0.25, -0.2) is 5.43 Å². The number of carbonyl (C=O) groups excluding carboxylic acids is 1. The number of hydrazone groups is 1. The van der Waals surface area contributed by atoms with Gasteiger partial charge in [0, 0.05) is 5.41 Å². The van der Waals surface area contributed by atoms with Gasteiger partial charge in [0.15, 0.2) is 11.5 Å². The molecule has 3 aromatic rings. The van der Waals surface area contributed by atoms with Gasteiger partial charge < -0.3 is 9.84 Å². The van der Waals surface area contributed by atoms with E-state index in [1.807, 2.05) is 43.3 Å². The van der Waals surface area contributed by atoms with E-state index in [1.165, 1.54) is 0 Å². The van der Waals surface area contributed by atoms with Crippen LogP contribution in [0.1, 0.15) is 30.0 Å². The molecular formula is C25H23BrN2O3. The van der Waals surface area contributed by atoms with Gasteiger partial charge in [-0.15, -0.1) is 0 Å². The Morgan fingerprint density at radius 3 is 2.35 bits per heavy atom. The van der Waals surface area contributed by atoms with Crippen molar-refractivity contribution in [2.75, 3.05) is 6.61 Å². The van der Waals surface area contributed by atoms with Crippen molar-refractivity contribution in [1.82, 2.24) is 5.43 Å². The molecule has 1 fully saturated rings. The van der Waals surface area contributed by atoms with Crippen molar-refractivity contribution in [3.05, 3.63) is 94.0 Å². The van der Waals surface area contributed by atoms with Crippen molar-refractivity contribution in [1.29, 1.82) is 0 Å². The maximum atomic E-state index is 12.9. The first-order valence-corrected chi connectivity index (χ1v) is 10.9. The minimum Gasteiger partial charge on any atom is -0.503 e. The van der Waals surface area contributed by atoms with Crippen molar-refractivity contribution < 1.29 is 14.6 Å². The van der Waals surface area contributed by atoms with E-state index in [4.69, 9.17) is 4.74 Å². The number of hydrogen-bond acceptors (Lipinski definition) is 4. The molecule has 4 rings (SSSR count). The number of phenols is 1. The topological polar surface area (TPSA) is 70.9 Å². The van der Waals surface area contributed by atoms with Crippen LogP contribution in [0.4, 0.5) is 0 Å². The second kappa shape index (κ2) is 8.94. The van der Waals surface area contributed by atoms with Crippen LogP contribution in [-0.4, -0.2) is 23.8 Å². The van der Waals surface area contributed by atoms with Gasteiger partial charge in [0.1, 0.15) is 0 Å². The number of aromatic hydroxyl groups is 1. The fourth-order valence-electron chi connectivity index (χ4n) is 4.04. The third-order valence-corrected chi connectivity index (χ3v) is 6.20. The number of nitrogens with one attached hydrogen (secondary N) is 1. The molecule has 158 valence electrons. The van der Waals surface area contributed by atoms with Crippen LogP contribution in [0.25, 0.3) is 0 Å². The summed E-state index contributed by atoms with van der Waals surface area (Å²) in [6, 6.07) is 23.7. The van der Waals surface area contributed by atoms with Crippen LogP contribution in [0.3, 0.4) is 0 Å². The lowest BCUT2D eigenvalue weighted by atomic mass is 9.85. The highest BCUT2D eigenvalue weighted by Crippen LogP contribution is 2.58. The van der Waals surface area contributed by atoms with Crippen molar-refractivity contribution >= 4 is 28.1 Å². The molecular weight excluding hydrogens is 456 g/mol. The molecule has 0 saturated heterocycles. The number of nitrogens with zero attached hydrogens (tertiary/aromatic N) is 1. The van der Waals surface area contributed by atoms with Gasteiger partial charge in [-0.1, -0.05) is 60.7 Å². The summed E-state index contributed by atoms with van der Waals surface area (Å²) in [5.41, 5.74) is 5.32. The molecule has 1 atom stereocenters. The first-order chi connectivity index (χ1) is 15.1. The number of phenolic OH excluding ortho intramolecular Hbond substituents is 1. The van der Waals surface area contributed by atoms with Crippen LogP contribution >= 0.6 is 15.9 Å². The molecule has 6 heteroatoms. The molecule has 1 aliphatic rings. The summed E-state index contributed by atoms with van der Waals surface area (Å²) in [5.74, 6) is 0.0855. The maximum absolute atomic E-state index is 12.9. The average molecular weight is 479 g/mol. The lowest BCUT2D eigenvalue weighted by molar-refractivity contribution is -0.122. The second-order valence-corrected chi connectivity index (χ2v) is 8.33. The molecule has 1 amide bonds. The third-order valence-electron chi connectivity index (χ3n) is 5.59. The monoisotopic (exact) mass is 478 g/mol. The Balaban J connectivity index is 1.52. The summed E-state index contributed by atoms with van der Waals surface area (Å²) in [5, 5.41) is 14.2. The Morgan fingerprint density at radius 2 is 1.77 bits per heavy atom. The maximum Gasteiger partial charge on any atom is 0.244 e. The van der Waals surface area contributed by atoms with E-state index in [-0.39, 0.29) is 23.0 Å². The summed E-state index contributed by atoms with van der Waals surface area (Å²) in [4.78, 5) is 12.9. The molecule has 2 N–H and O–H groups in total. The fraction of sp³-hybridized carbons (Fsp3) is 0.200. The van der Waals surface area contributed by atoms with E-state index < -0.39 is 0 Å². The van der Waals surface area contributed by atoms with Crippen LogP contribution in [-0.2, 0) is 10.2 Å². The van der Waals surface area contributed by atoms with Crippen LogP contribution in [0, 0.1) is 5.92 Å². The SMILES string of the molecule is CCOc1cc(C=NNC(=O)C2CC2(c2ccccc2)c2ccccc2)cc(Br)c1O. The minimum atomic E-state index is -0.328. The predicted molar refractivity (Wildman–Crippen MR) is 124 cm³/mol. The van der Waals surface area contributed by atoms with Crippen molar-refractivity contribution in [2.45, 2.75) is 18.8 Å². The molecule has 1 saturated carbocycles. The highest BCUT2D eigenvalue weighted by atomic mass is 79.9. The average Bonchev–Trinajstić information content (AvgIpc) is 3.56. The van der Waals surface area contributed by atoms with Crippen LogP contribution < -0.4 is 10.2 Å². The molecule has 1 aliphatic carbocycles. The standard InChI is InChI=1S/C25H23BrN2O3/c1-2-31-22-14-17(13-21(26)23(22)29)16-27-28-24(30)20-15-25(20,18-9-5-3-6-10-18)19-11-7-4-8-12-19/h3-14,16,20,29H,2,15H2,1H3,(H,28,30). The second-order valence-electron chi connectivity index (χ2n) is 7.48. The van der Waals surface area contributed by atoms with Gasteiger partial charge >= 0.3 is 0 Å². The quantitative estimate of drug-likeness (QED) is 0.370. The normalized spacial score (nSPS) is 16.8. The van der Waals surface area contributed by atoms with Gasteiger partial charge in [0.2, 0.25) is 5.91 Å². The van der Waals surface area contributed by atoms with Gasteiger partial charge in [-0.2, -0.15) is 5.10 Å². The zero-order chi connectivity index (χ0) is 21.8. The van der Waals surface area contributed by atoms with Gasteiger partial charge in [-0.3, -0.25) is 4.79 Å². The number of hydrogen-bond donors (Lipinski definition) is 2. The molecule has 1 unspecified atom stereocenters. The molecule has 0 aromatic heterocycles. The van der Waals surface area contributed by atoms with Gasteiger partial charge in [-0.05, 0) is 58.1 Å². The van der Waals surface area contributed by atoms with Crippen molar-refractivity contribution in [2.24, 2.45) is 11.0 Å². The Morgan fingerprint density at radius 1 is 1.16 bits per heavy atom. The smallest absolute Gasteiger partial charge is 0.244 e. The zero-order valence-corrected chi connectivity index (χ0v) is 18.7. The van der Waals surface area contributed by atoms with Crippen molar-refractivity contribution in [3.63, 3.8) is 0 Å². The Kier molecular flexibility index (Phi) is 6.09. The Labute approximate surface area is 189 Å². The predicted octanol–water partition coefficient (Wildman–Crippen LogP) is 5.01. The molecule has 3 aromatic carbocycles. The summed E-state index contributed by atoms with van der Waals surface area (Å²) in [6.07, 6.45) is 2.28. The lowest BCUT2D eigenvalue weighted by Gasteiger charge is -2.18. The van der Waals surface area contributed by atoms with Gasteiger partial charge in [0.05, 0.1) is 23.2 Å². The first kappa shape index (κ1) is 21.1. The largest absolute Gasteiger partial charge is 0.503 e. The van der Waals surface area contributed by atoms with Crippen LogP contribution in [0.2, 0.25) is 0 Å². The fourth-order valence-corrected chi connectivity index (χ4v) is 4.50. The van der Waals surface area contributed by atoms with E-state index >= 15 is 0 Å². The molecule has 0 radical (unpaired) electrons.